The van der Waals surface area contributed by atoms with E-state index in [1.54, 1.807) is 17.0 Å². The fourth-order valence-electron chi connectivity index (χ4n) is 3.85. The second kappa shape index (κ2) is 7.03. The van der Waals surface area contributed by atoms with Gasteiger partial charge in [-0.1, -0.05) is 24.3 Å². The molecule has 8 heteroatoms. The summed E-state index contributed by atoms with van der Waals surface area (Å²) in [5, 5.41) is 0. The summed E-state index contributed by atoms with van der Waals surface area (Å²) >= 11 is 0. The van der Waals surface area contributed by atoms with Crippen molar-refractivity contribution < 1.29 is 18.0 Å². The number of fused-ring (bicyclic) bond motifs is 1. The van der Waals surface area contributed by atoms with Gasteiger partial charge in [0.15, 0.2) is 0 Å². The Morgan fingerprint density at radius 1 is 1.04 bits per heavy atom. The Morgan fingerprint density at radius 3 is 2.32 bits per heavy atom. The van der Waals surface area contributed by atoms with Crippen molar-refractivity contribution in [2.45, 2.75) is 36.7 Å². The summed E-state index contributed by atoms with van der Waals surface area (Å²) in [5.74, 6) is -0.630. The summed E-state index contributed by atoms with van der Waals surface area (Å²) in [5.41, 5.74) is 7.99. The van der Waals surface area contributed by atoms with Crippen LogP contribution in [0.25, 0.3) is 0 Å². The van der Waals surface area contributed by atoms with E-state index in [9.17, 15) is 18.0 Å². The maximum Gasteiger partial charge on any atom is 0.244 e. The number of carbonyl (C=O) groups excluding carboxylic acids is 2. The van der Waals surface area contributed by atoms with Gasteiger partial charge in [0.25, 0.3) is 0 Å². The first kappa shape index (κ1) is 18.6. The van der Waals surface area contributed by atoms with Crippen molar-refractivity contribution >= 4 is 27.5 Å². The molecule has 4 rings (SSSR count). The number of hydrogen-bond acceptors (Lipinski definition) is 4. The minimum Gasteiger partial charge on any atom is -0.368 e. The van der Waals surface area contributed by atoms with Crippen molar-refractivity contribution in [2.24, 2.45) is 5.73 Å². The molecule has 0 spiro atoms. The van der Waals surface area contributed by atoms with Crippen LogP contribution in [0.15, 0.2) is 53.4 Å². The van der Waals surface area contributed by atoms with Crippen LogP contribution in [0.1, 0.15) is 24.0 Å². The molecular formula is C20H21N3O4S. The van der Waals surface area contributed by atoms with Gasteiger partial charge in [-0.25, -0.2) is 8.42 Å². The molecule has 0 bridgehead atoms. The average Bonchev–Trinajstić information content (AvgIpc) is 3.13. The molecule has 0 aromatic heterocycles. The van der Waals surface area contributed by atoms with Gasteiger partial charge in [-0.05, 0) is 48.2 Å². The zero-order valence-corrected chi connectivity index (χ0v) is 16.1. The normalized spacial score (nSPS) is 20.2. The van der Waals surface area contributed by atoms with Crippen LogP contribution in [0.2, 0.25) is 0 Å². The van der Waals surface area contributed by atoms with Gasteiger partial charge in [0.05, 0.1) is 4.90 Å². The Hall–Kier alpha value is -2.71. The van der Waals surface area contributed by atoms with E-state index in [0.29, 0.717) is 18.7 Å². The lowest BCUT2D eigenvalue weighted by Crippen LogP contribution is -2.51. The molecule has 2 aromatic carbocycles. The number of nitrogens with zero attached hydrogens (tertiary/aromatic N) is 2. The van der Waals surface area contributed by atoms with Gasteiger partial charge in [0.2, 0.25) is 21.8 Å². The quantitative estimate of drug-likeness (QED) is 0.840. The molecule has 2 amide bonds. The van der Waals surface area contributed by atoms with Crippen LogP contribution in [0.3, 0.4) is 0 Å². The summed E-state index contributed by atoms with van der Waals surface area (Å²) in [6.07, 6.45) is 1.56. The summed E-state index contributed by atoms with van der Waals surface area (Å²) < 4.78 is 27.7. The van der Waals surface area contributed by atoms with E-state index in [1.165, 1.54) is 16.4 Å². The minimum atomic E-state index is -3.92. The fourth-order valence-corrected chi connectivity index (χ4v) is 5.42. The predicted octanol–water partition coefficient (Wildman–Crippen LogP) is 1.41. The summed E-state index contributed by atoms with van der Waals surface area (Å²) in [6, 6.07) is 12.7. The predicted molar refractivity (Wildman–Crippen MR) is 104 cm³/mol. The standard InChI is InChI=1S/C20H21N3O4S/c21-20(25)18-12-14-4-1-2-5-15(14)13-23(18)28(26,27)17-9-7-16(8-10-17)22-11-3-6-19(22)24/h1-2,4-5,7-10,18H,3,6,11-13H2,(H2,21,25)/t18-/m1/s1. The number of anilines is 1. The van der Waals surface area contributed by atoms with Gasteiger partial charge in [-0.2, -0.15) is 4.31 Å². The monoisotopic (exact) mass is 399 g/mol. The number of sulfonamides is 1. The third kappa shape index (κ3) is 3.18. The van der Waals surface area contributed by atoms with E-state index in [-0.39, 0.29) is 23.8 Å². The zero-order chi connectivity index (χ0) is 19.9. The molecule has 2 heterocycles. The Kier molecular flexibility index (Phi) is 4.68. The highest BCUT2D eigenvalue weighted by Gasteiger charge is 2.38. The molecule has 2 aliphatic rings. The van der Waals surface area contributed by atoms with Crippen LogP contribution < -0.4 is 10.6 Å². The Balaban J connectivity index is 1.67. The van der Waals surface area contributed by atoms with Crippen LogP contribution in [-0.2, 0) is 32.6 Å². The van der Waals surface area contributed by atoms with Crippen LogP contribution in [0.4, 0.5) is 5.69 Å². The molecular weight excluding hydrogens is 378 g/mol. The molecule has 146 valence electrons. The summed E-state index contributed by atoms with van der Waals surface area (Å²) in [4.78, 5) is 25.6. The maximum atomic E-state index is 13.2. The van der Waals surface area contributed by atoms with Crippen molar-refractivity contribution in [3.63, 3.8) is 0 Å². The van der Waals surface area contributed by atoms with Gasteiger partial charge in [-0.15, -0.1) is 0 Å². The van der Waals surface area contributed by atoms with Crippen molar-refractivity contribution in [1.29, 1.82) is 0 Å². The Labute approximate surface area is 163 Å². The highest BCUT2D eigenvalue weighted by molar-refractivity contribution is 7.89. The SMILES string of the molecule is NC(=O)[C@H]1Cc2ccccc2CN1S(=O)(=O)c1ccc(N2CCCC2=O)cc1. The first-order valence-electron chi connectivity index (χ1n) is 9.16. The van der Waals surface area contributed by atoms with E-state index < -0.39 is 22.0 Å². The van der Waals surface area contributed by atoms with Crippen LogP contribution >= 0.6 is 0 Å². The second-order valence-electron chi connectivity index (χ2n) is 7.08. The highest BCUT2D eigenvalue weighted by atomic mass is 32.2. The minimum absolute atomic E-state index is 0.0389. The summed E-state index contributed by atoms with van der Waals surface area (Å²) in [6.45, 7) is 0.732. The molecule has 2 aliphatic heterocycles. The van der Waals surface area contributed by atoms with Crippen molar-refractivity contribution in [3.8, 4) is 0 Å². The molecule has 28 heavy (non-hydrogen) atoms. The first-order valence-corrected chi connectivity index (χ1v) is 10.6. The lowest BCUT2D eigenvalue weighted by atomic mass is 9.96. The van der Waals surface area contributed by atoms with Crippen LogP contribution in [-0.4, -0.2) is 37.1 Å². The van der Waals surface area contributed by atoms with Crippen LogP contribution in [0, 0.1) is 0 Å². The van der Waals surface area contributed by atoms with E-state index >= 15 is 0 Å². The van der Waals surface area contributed by atoms with Crippen molar-refractivity contribution in [3.05, 3.63) is 59.7 Å². The number of carbonyl (C=O) groups is 2. The zero-order valence-electron chi connectivity index (χ0n) is 15.2. The van der Waals surface area contributed by atoms with Gasteiger partial charge in [-0.3, -0.25) is 9.59 Å². The Bertz CT molecular complexity index is 1030. The molecule has 0 radical (unpaired) electrons. The number of hydrogen-bond donors (Lipinski definition) is 1. The fraction of sp³-hybridized carbons (Fsp3) is 0.300. The molecule has 2 aromatic rings. The van der Waals surface area contributed by atoms with Crippen LogP contribution in [0.5, 0.6) is 0 Å². The van der Waals surface area contributed by atoms with Crippen molar-refractivity contribution in [2.75, 3.05) is 11.4 Å². The molecule has 1 atom stereocenters. The second-order valence-corrected chi connectivity index (χ2v) is 8.97. The van der Waals surface area contributed by atoms with Gasteiger partial charge in [0, 0.05) is 25.2 Å². The lowest BCUT2D eigenvalue weighted by molar-refractivity contribution is -0.122. The largest absolute Gasteiger partial charge is 0.368 e. The van der Waals surface area contributed by atoms with Gasteiger partial charge < -0.3 is 10.6 Å². The number of primary amides is 1. The van der Waals surface area contributed by atoms with E-state index in [1.807, 2.05) is 24.3 Å². The van der Waals surface area contributed by atoms with E-state index in [0.717, 1.165) is 17.5 Å². The highest BCUT2D eigenvalue weighted by Crippen LogP contribution is 2.30. The molecule has 0 unspecified atom stereocenters. The third-order valence-corrected chi connectivity index (χ3v) is 7.23. The van der Waals surface area contributed by atoms with E-state index in [2.05, 4.69) is 0 Å². The lowest BCUT2D eigenvalue weighted by Gasteiger charge is -2.34. The topological polar surface area (TPSA) is 101 Å². The molecule has 1 fully saturated rings. The number of nitrogens with two attached hydrogens (primary N) is 1. The van der Waals surface area contributed by atoms with Crippen molar-refractivity contribution in [1.82, 2.24) is 4.31 Å². The third-order valence-electron chi connectivity index (χ3n) is 5.36. The molecule has 2 N–H and O–H groups in total. The maximum absolute atomic E-state index is 13.2. The Morgan fingerprint density at radius 2 is 1.71 bits per heavy atom. The average molecular weight is 399 g/mol. The smallest absolute Gasteiger partial charge is 0.244 e. The number of amides is 2. The molecule has 0 saturated carbocycles. The number of benzene rings is 2. The van der Waals surface area contributed by atoms with Gasteiger partial charge >= 0.3 is 0 Å². The molecule has 1 saturated heterocycles. The molecule has 0 aliphatic carbocycles. The van der Waals surface area contributed by atoms with E-state index in [4.69, 9.17) is 5.73 Å². The summed E-state index contributed by atoms with van der Waals surface area (Å²) in [7, 11) is -3.92. The van der Waals surface area contributed by atoms with Gasteiger partial charge in [0.1, 0.15) is 6.04 Å². The first-order chi connectivity index (χ1) is 13.4. The number of rotatable bonds is 4. The molecule has 7 nitrogen and oxygen atoms in total.